The number of Topliss-reactive ketones (excluding diaryl/α,β-unsaturated/α-hetero) is 1. The van der Waals surface area contributed by atoms with Gasteiger partial charge in [-0.2, -0.15) is 0 Å². The minimum Gasteiger partial charge on any atom is -0.343 e. The second-order valence-electron chi connectivity index (χ2n) is 7.66. The van der Waals surface area contributed by atoms with Crippen molar-refractivity contribution in [1.29, 1.82) is 0 Å². The van der Waals surface area contributed by atoms with Crippen LogP contribution >= 0.6 is 0 Å². The number of likely N-dealkylation sites (tertiary alicyclic amines) is 2. The van der Waals surface area contributed by atoms with Crippen LogP contribution in [0.25, 0.3) is 0 Å². The topological polar surface area (TPSA) is 83.7 Å². The number of fused-ring (bicyclic) bond motifs is 1. The van der Waals surface area contributed by atoms with E-state index < -0.39 is 0 Å². The van der Waals surface area contributed by atoms with Crippen molar-refractivity contribution in [2.45, 2.75) is 44.9 Å². The zero-order chi connectivity index (χ0) is 17.1. The average molecular weight is 335 g/mol. The minimum absolute atomic E-state index is 0.134. The SMILES string of the molecule is NCCC(=O)N1CCC(CC(=O)N2CCC3CC(=O)CC3C2)CC1. The Labute approximate surface area is 143 Å². The van der Waals surface area contributed by atoms with E-state index in [0.29, 0.717) is 49.3 Å². The first-order chi connectivity index (χ1) is 11.6. The Kier molecular flexibility index (Phi) is 5.54. The largest absolute Gasteiger partial charge is 0.343 e. The predicted octanol–water partition coefficient (Wildman–Crippen LogP) is 0.791. The summed E-state index contributed by atoms with van der Waals surface area (Å²) in [6.07, 6.45) is 5.18. The first-order valence-corrected chi connectivity index (χ1v) is 9.34. The van der Waals surface area contributed by atoms with Gasteiger partial charge in [-0.05, 0) is 37.0 Å². The number of hydrogen-bond acceptors (Lipinski definition) is 4. The molecule has 6 nitrogen and oxygen atoms in total. The van der Waals surface area contributed by atoms with Gasteiger partial charge in [-0.25, -0.2) is 0 Å². The van der Waals surface area contributed by atoms with Gasteiger partial charge in [0.2, 0.25) is 11.8 Å². The van der Waals surface area contributed by atoms with Crippen LogP contribution in [0, 0.1) is 17.8 Å². The third kappa shape index (κ3) is 3.97. The van der Waals surface area contributed by atoms with Crippen LogP contribution in [0.1, 0.15) is 44.9 Å². The fourth-order valence-electron chi connectivity index (χ4n) is 4.52. The van der Waals surface area contributed by atoms with Gasteiger partial charge in [0, 0.05) is 58.4 Å². The zero-order valence-electron chi connectivity index (χ0n) is 14.4. The Morgan fingerprint density at radius 1 is 0.958 bits per heavy atom. The van der Waals surface area contributed by atoms with E-state index in [1.54, 1.807) is 0 Å². The number of carbonyl (C=O) groups is 3. The third-order valence-corrected chi connectivity index (χ3v) is 6.01. The summed E-state index contributed by atoms with van der Waals surface area (Å²) < 4.78 is 0. The van der Waals surface area contributed by atoms with Gasteiger partial charge in [0.05, 0.1) is 0 Å². The molecule has 134 valence electrons. The summed E-state index contributed by atoms with van der Waals surface area (Å²) in [7, 11) is 0. The van der Waals surface area contributed by atoms with Crippen LogP contribution in [-0.4, -0.2) is 60.1 Å². The predicted molar refractivity (Wildman–Crippen MR) is 90.0 cm³/mol. The first kappa shape index (κ1) is 17.4. The van der Waals surface area contributed by atoms with E-state index in [1.807, 2.05) is 9.80 Å². The molecule has 0 aromatic carbocycles. The second-order valence-corrected chi connectivity index (χ2v) is 7.66. The van der Waals surface area contributed by atoms with Crippen molar-refractivity contribution in [3.63, 3.8) is 0 Å². The lowest BCUT2D eigenvalue weighted by molar-refractivity contribution is -0.135. The van der Waals surface area contributed by atoms with E-state index in [1.165, 1.54) is 0 Å². The Morgan fingerprint density at radius 2 is 1.62 bits per heavy atom. The summed E-state index contributed by atoms with van der Waals surface area (Å²) in [6.45, 7) is 3.47. The lowest BCUT2D eigenvalue weighted by atomic mass is 9.87. The molecule has 6 heteroatoms. The molecule has 0 radical (unpaired) electrons. The molecule has 24 heavy (non-hydrogen) atoms. The van der Waals surface area contributed by atoms with E-state index in [0.717, 1.165) is 51.9 Å². The van der Waals surface area contributed by atoms with Gasteiger partial charge in [0.25, 0.3) is 0 Å². The molecule has 0 bridgehead atoms. The first-order valence-electron chi connectivity index (χ1n) is 9.34. The van der Waals surface area contributed by atoms with Gasteiger partial charge < -0.3 is 15.5 Å². The molecule has 2 aliphatic heterocycles. The molecule has 2 unspecified atom stereocenters. The van der Waals surface area contributed by atoms with E-state index in [2.05, 4.69) is 0 Å². The Morgan fingerprint density at radius 3 is 2.33 bits per heavy atom. The Balaban J connectivity index is 1.43. The third-order valence-electron chi connectivity index (χ3n) is 6.01. The van der Waals surface area contributed by atoms with Crippen LogP contribution in [0.5, 0.6) is 0 Å². The second kappa shape index (κ2) is 7.64. The number of amides is 2. The number of carbonyl (C=O) groups excluding carboxylic acids is 3. The molecule has 0 spiro atoms. The number of rotatable bonds is 4. The van der Waals surface area contributed by atoms with Crippen LogP contribution in [0.2, 0.25) is 0 Å². The summed E-state index contributed by atoms with van der Waals surface area (Å²) >= 11 is 0. The Bertz CT molecular complexity index is 500. The maximum Gasteiger partial charge on any atom is 0.223 e. The average Bonchev–Trinajstić information content (AvgIpc) is 2.94. The molecule has 2 N–H and O–H groups in total. The van der Waals surface area contributed by atoms with Gasteiger partial charge in [-0.3, -0.25) is 14.4 Å². The quantitative estimate of drug-likeness (QED) is 0.823. The van der Waals surface area contributed by atoms with Crippen molar-refractivity contribution in [3.8, 4) is 0 Å². The standard InChI is InChI=1S/C18H29N3O3/c19-5-1-17(23)20-6-2-13(3-7-20)9-18(24)21-8-4-14-10-16(22)11-15(14)12-21/h13-15H,1-12,19H2. The molecular formula is C18H29N3O3. The van der Waals surface area contributed by atoms with Crippen molar-refractivity contribution in [3.05, 3.63) is 0 Å². The maximum atomic E-state index is 12.6. The van der Waals surface area contributed by atoms with E-state index in [4.69, 9.17) is 5.73 Å². The lowest BCUT2D eigenvalue weighted by Gasteiger charge is -2.37. The van der Waals surface area contributed by atoms with Gasteiger partial charge in [-0.15, -0.1) is 0 Å². The summed E-state index contributed by atoms with van der Waals surface area (Å²) in [6, 6.07) is 0. The molecule has 3 aliphatic rings. The zero-order valence-corrected chi connectivity index (χ0v) is 14.4. The maximum absolute atomic E-state index is 12.6. The highest BCUT2D eigenvalue weighted by molar-refractivity contribution is 5.82. The van der Waals surface area contributed by atoms with Gasteiger partial charge >= 0.3 is 0 Å². The van der Waals surface area contributed by atoms with E-state index in [-0.39, 0.29) is 11.8 Å². The van der Waals surface area contributed by atoms with Crippen molar-refractivity contribution in [2.24, 2.45) is 23.5 Å². The summed E-state index contributed by atoms with van der Waals surface area (Å²) in [4.78, 5) is 39.9. The molecule has 1 aliphatic carbocycles. The van der Waals surface area contributed by atoms with Crippen LogP contribution in [0.3, 0.4) is 0 Å². The van der Waals surface area contributed by atoms with Crippen LogP contribution < -0.4 is 5.73 Å². The lowest BCUT2D eigenvalue weighted by Crippen LogP contribution is -2.44. The molecule has 1 saturated carbocycles. The van der Waals surface area contributed by atoms with Gasteiger partial charge in [0.1, 0.15) is 5.78 Å². The number of ketones is 1. The smallest absolute Gasteiger partial charge is 0.223 e. The van der Waals surface area contributed by atoms with Crippen LogP contribution in [0.4, 0.5) is 0 Å². The molecule has 2 heterocycles. The molecule has 2 atom stereocenters. The molecule has 3 rings (SSSR count). The molecular weight excluding hydrogens is 306 g/mol. The van der Waals surface area contributed by atoms with Crippen LogP contribution in [-0.2, 0) is 14.4 Å². The fourth-order valence-corrected chi connectivity index (χ4v) is 4.52. The van der Waals surface area contributed by atoms with E-state index in [9.17, 15) is 14.4 Å². The molecule has 0 aromatic heterocycles. The Hall–Kier alpha value is -1.43. The molecule has 2 saturated heterocycles. The summed E-state index contributed by atoms with van der Waals surface area (Å²) in [5.74, 6) is 2.02. The number of nitrogens with two attached hydrogens (primary N) is 1. The number of hydrogen-bond donors (Lipinski definition) is 1. The van der Waals surface area contributed by atoms with Gasteiger partial charge in [0.15, 0.2) is 0 Å². The highest BCUT2D eigenvalue weighted by atomic mass is 16.2. The molecule has 0 aromatic rings. The number of nitrogens with zero attached hydrogens (tertiary/aromatic N) is 2. The highest BCUT2D eigenvalue weighted by Gasteiger charge is 2.38. The molecule has 2 amide bonds. The normalized spacial score (nSPS) is 28.1. The van der Waals surface area contributed by atoms with Gasteiger partial charge in [-0.1, -0.05) is 0 Å². The van der Waals surface area contributed by atoms with Crippen molar-refractivity contribution in [2.75, 3.05) is 32.7 Å². The highest BCUT2D eigenvalue weighted by Crippen LogP contribution is 2.36. The monoisotopic (exact) mass is 335 g/mol. The fraction of sp³-hybridized carbons (Fsp3) is 0.833. The van der Waals surface area contributed by atoms with Crippen molar-refractivity contribution >= 4 is 17.6 Å². The van der Waals surface area contributed by atoms with Crippen LogP contribution in [0.15, 0.2) is 0 Å². The minimum atomic E-state index is 0.134. The number of piperidine rings is 2. The summed E-state index contributed by atoms with van der Waals surface area (Å²) in [5.41, 5.74) is 5.44. The van der Waals surface area contributed by atoms with E-state index >= 15 is 0 Å². The summed E-state index contributed by atoms with van der Waals surface area (Å²) in [5, 5.41) is 0. The van der Waals surface area contributed by atoms with Crippen molar-refractivity contribution < 1.29 is 14.4 Å². The van der Waals surface area contributed by atoms with Crippen molar-refractivity contribution in [1.82, 2.24) is 9.80 Å². The molecule has 3 fully saturated rings.